The maximum absolute atomic E-state index is 10.1. The van der Waals surface area contributed by atoms with E-state index in [-0.39, 0.29) is 81.7 Å². The molecule has 0 aliphatic rings. The molecule has 0 N–H and O–H groups in total. The van der Waals surface area contributed by atoms with Crippen LogP contribution >= 0.6 is 25.1 Å². The first-order chi connectivity index (χ1) is 14.3. The van der Waals surface area contributed by atoms with E-state index in [1.54, 1.807) is 0 Å². The summed E-state index contributed by atoms with van der Waals surface area (Å²) in [6, 6.07) is 0. The van der Waals surface area contributed by atoms with Crippen LogP contribution in [0.1, 0.15) is 117 Å². The van der Waals surface area contributed by atoms with Crippen LogP contribution in [0.4, 0.5) is 0 Å². The molecule has 0 spiro atoms. The first-order valence-electron chi connectivity index (χ1n) is 11.7. The van der Waals surface area contributed by atoms with E-state index < -0.39 is 25.1 Å². The van der Waals surface area contributed by atoms with E-state index in [0.29, 0.717) is 18.5 Å². The zero-order chi connectivity index (χ0) is 23.5. The molecule has 0 rings (SSSR count). The summed E-state index contributed by atoms with van der Waals surface area (Å²) in [6.07, 6.45) is 17.7. The van der Waals surface area contributed by atoms with Gasteiger partial charge in [-0.1, -0.05) is 136 Å². The second-order valence-electron chi connectivity index (χ2n) is 7.41. The van der Waals surface area contributed by atoms with Gasteiger partial charge in [-0.05, 0) is 0 Å². The molecule has 6 nitrogen and oxygen atoms in total. The number of rotatable bonds is 18. The Bertz CT molecular complexity index is 253. The SMILES string of the molecule is CCCCCCCP([O-])[O-].CCCCCCCP([O-])[O-].CCCCCCCP([O-])[O-].[Nd+3].[Nd+3]. The van der Waals surface area contributed by atoms with Crippen LogP contribution in [0.2, 0.25) is 0 Å². The first-order valence-corrected chi connectivity index (χ1v) is 15.8. The standard InChI is InChI=1S/3C7H15O2P.2Nd/c3*1-2-3-4-5-6-7-10(8)9;;/h3*2-7H2,1H3;;/q3*-2;2*+3. The van der Waals surface area contributed by atoms with Gasteiger partial charge >= 0.3 is 81.7 Å². The summed E-state index contributed by atoms with van der Waals surface area (Å²) in [5, 5.41) is 0. The summed E-state index contributed by atoms with van der Waals surface area (Å²) in [6.45, 7) is 6.44. The smallest absolute Gasteiger partial charge is 0.842 e. The molecule has 0 saturated carbocycles. The van der Waals surface area contributed by atoms with Gasteiger partial charge in [-0.25, -0.2) is 0 Å². The minimum absolute atomic E-state index is 0. The average Bonchev–Trinajstić information content (AvgIpc) is 2.68. The average molecular weight is 775 g/mol. The largest absolute Gasteiger partial charge is 3.00 e. The maximum Gasteiger partial charge on any atom is 3.00 e. The van der Waals surface area contributed by atoms with Gasteiger partial charge < -0.3 is 54.5 Å². The molecule has 0 heterocycles. The van der Waals surface area contributed by atoms with Crippen LogP contribution in [0, 0.1) is 81.7 Å². The van der Waals surface area contributed by atoms with Crippen LogP contribution in [0.3, 0.4) is 0 Å². The van der Waals surface area contributed by atoms with Gasteiger partial charge in [0.1, 0.15) is 0 Å². The third-order valence-electron chi connectivity index (χ3n) is 4.33. The monoisotopic (exact) mass is 770 g/mol. The van der Waals surface area contributed by atoms with E-state index in [9.17, 15) is 29.4 Å². The zero-order valence-electron chi connectivity index (χ0n) is 20.5. The van der Waals surface area contributed by atoms with Gasteiger partial charge in [-0.2, -0.15) is 0 Å². The second-order valence-corrected chi connectivity index (χ2v) is 10.7. The fourth-order valence-electron chi connectivity index (χ4n) is 2.53. The Morgan fingerprint density at radius 2 is 0.531 bits per heavy atom. The molecular formula is C21H45Nd2O6P3. The summed E-state index contributed by atoms with van der Waals surface area (Å²) in [5.41, 5.74) is 0. The van der Waals surface area contributed by atoms with E-state index in [0.717, 1.165) is 38.5 Å². The Morgan fingerprint density at radius 1 is 0.344 bits per heavy atom. The fraction of sp³-hybridized carbons (Fsp3) is 1.00. The van der Waals surface area contributed by atoms with Crippen LogP contribution in [-0.2, 0) is 0 Å². The van der Waals surface area contributed by atoms with Gasteiger partial charge in [0.25, 0.3) is 0 Å². The molecule has 0 aromatic rings. The van der Waals surface area contributed by atoms with Crippen LogP contribution in [-0.4, -0.2) is 18.5 Å². The zero-order valence-corrected chi connectivity index (χ0v) is 29.6. The van der Waals surface area contributed by atoms with Crippen molar-refractivity contribution in [3.05, 3.63) is 0 Å². The molecule has 0 fully saturated rings. The van der Waals surface area contributed by atoms with Crippen LogP contribution in [0.15, 0.2) is 0 Å². The topological polar surface area (TPSA) is 138 Å². The maximum atomic E-state index is 10.1. The third-order valence-corrected chi connectivity index (χ3v) is 6.38. The molecule has 188 valence electrons. The molecule has 0 aliphatic carbocycles. The summed E-state index contributed by atoms with van der Waals surface area (Å²) in [7, 11) is -6.36. The first kappa shape index (κ1) is 45.7. The van der Waals surface area contributed by atoms with Gasteiger partial charge in [0.15, 0.2) is 0 Å². The Labute approximate surface area is 268 Å². The van der Waals surface area contributed by atoms with Crippen molar-refractivity contribution in [1.29, 1.82) is 0 Å². The molecule has 0 atom stereocenters. The molecule has 0 unspecified atom stereocenters. The summed E-state index contributed by atoms with van der Waals surface area (Å²) in [5.74, 6) is 0. The molecule has 0 aromatic carbocycles. The minimum Gasteiger partial charge on any atom is -0.842 e. The number of hydrogen-bond donors (Lipinski definition) is 0. The van der Waals surface area contributed by atoms with Crippen LogP contribution in [0.5, 0.6) is 0 Å². The van der Waals surface area contributed by atoms with E-state index >= 15 is 0 Å². The minimum atomic E-state index is -2.12. The second kappa shape index (κ2) is 41.9. The molecule has 2 radical (unpaired) electrons. The van der Waals surface area contributed by atoms with Crippen molar-refractivity contribution in [2.45, 2.75) is 117 Å². The van der Waals surface area contributed by atoms with Gasteiger partial charge in [0.05, 0.1) is 0 Å². The van der Waals surface area contributed by atoms with Crippen molar-refractivity contribution in [1.82, 2.24) is 0 Å². The van der Waals surface area contributed by atoms with Crippen molar-refractivity contribution in [2.75, 3.05) is 18.5 Å². The van der Waals surface area contributed by atoms with Gasteiger partial charge in [0.2, 0.25) is 0 Å². The molecule has 0 saturated heterocycles. The van der Waals surface area contributed by atoms with Gasteiger partial charge in [0, 0.05) is 0 Å². The fourth-order valence-corrected chi connectivity index (χ4v) is 3.98. The Kier molecular flexibility index (Phi) is 59.7. The van der Waals surface area contributed by atoms with E-state index in [2.05, 4.69) is 20.8 Å². The summed E-state index contributed by atoms with van der Waals surface area (Å²) < 4.78 is 0. The van der Waals surface area contributed by atoms with Crippen molar-refractivity contribution in [2.24, 2.45) is 0 Å². The van der Waals surface area contributed by atoms with E-state index in [1.807, 2.05) is 0 Å². The molecular weight excluding hydrogens is 730 g/mol. The van der Waals surface area contributed by atoms with Crippen molar-refractivity contribution in [3.8, 4) is 0 Å². The summed E-state index contributed by atoms with van der Waals surface area (Å²) in [4.78, 5) is 60.4. The predicted octanol–water partition coefficient (Wildman–Crippen LogP) is 2.97. The van der Waals surface area contributed by atoms with Crippen LogP contribution < -0.4 is 29.4 Å². The molecule has 0 bridgehead atoms. The van der Waals surface area contributed by atoms with Gasteiger partial charge in [-0.15, -0.1) is 0 Å². The van der Waals surface area contributed by atoms with E-state index in [1.165, 1.54) is 57.8 Å². The Balaban J connectivity index is -0.000000110. The van der Waals surface area contributed by atoms with Crippen LogP contribution in [0.25, 0.3) is 0 Å². The quantitative estimate of drug-likeness (QED) is 0.155. The molecule has 11 heteroatoms. The number of hydrogen-bond acceptors (Lipinski definition) is 6. The van der Waals surface area contributed by atoms with Crippen molar-refractivity contribution in [3.63, 3.8) is 0 Å². The van der Waals surface area contributed by atoms with Crippen molar-refractivity contribution < 1.29 is 111 Å². The third kappa shape index (κ3) is 59.1. The van der Waals surface area contributed by atoms with E-state index in [4.69, 9.17) is 0 Å². The Hall–Kier alpha value is 3.75. The predicted molar refractivity (Wildman–Crippen MR) is 122 cm³/mol. The molecule has 0 amide bonds. The summed E-state index contributed by atoms with van der Waals surface area (Å²) >= 11 is 0. The Morgan fingerprint density at radius 3 is 0.688 bits per heavy atom. The molecule has 0 aromatic heterocycles. The van der Waals surface area contributed by atoms with Gasteiger partial charge in [-0.3, -0.25) is 0 Å². The molecule has 32 heavy (non-hydrogen) atoms. The van der Waals surface area contributed by atoms with Crippen molar-refractivity contribution >= 4 is 25.1 Å². The number of unbranched alkanes of at least 4 members (excludes halogenated alkanes) is 12. The normalized spacial score (nSPS) is 10.1. The molecule has 0 aliphatic heterocycles.